The molecule has 0 amide bonds. The summed E-state index contributed by atoms with van der Waals surface area (Å²) >= 11 is 0. The van der Waals surface area contributed by atoms with Crippen LogP contribution >= 0.6 is 0 Å². The number of pyridine rings is 1. The molecule has 1 aromatic rings. The van der Waals surface area contributed by atoms with E-state index in [2.05, 4.69) is 28.6 Å². The molecule has 3 heteroatoms. The quantitative estimate of drug-likeness (QED) is 0.676. The fourth-order valence-corrected chi connectivity index (χ4v) is 1.25. The summed E-state index contributed by atoms with van der Waals surface area (Å²) < 4.78 is 0. The molecule has 1 rings (SSSR count). The Hall–Kier alpha value is -1.09. The Morgan fingerprint density at radius 2 is 2.14 bits per heavy atom. The molecule has 2 N–H and O–H groups in total. The van der Waals surface area contributed by atoms with Crippen LogP contribution in [0.3, 0.4) is 0 Å². The maximum Gasteiger partial charge on any atom is 0.0393 e. The summed E-state index contributed by atoms with van der Waals surface area (Å²) in [7, 11) is 0. The zero-order chi connectivity index (χ0) is 10.2. The summed E-state index contributed by atoms with van der Waals surface area (Å²) in [5.41, 5.74) is 2.20. The fraction of sp³-hybridized carbons (Fsp3) is 0.545. The van der Waals surface area contributed by atoms with E-state index in [4.69, 9.17) is 0 Å². The number of hydrogen-bond acceptors (Lipinski definition) is 3. The molecule has 0 aliphatic rings. The molecule has 0 radical (unpaired) electrons. The number of aromatic nitrogens is 1. The van der Waals surface area contributed by atoms with E-state index in [1.165, 1.54) is 6.42 Å². The molecule has 0 aliphatic carbocycles. The van der Waals surface area contributed by atoms with Gasteiger partial charge < -0.3 is 10.6 Å². The van der Waals surface area contributed by atoms with E-state index in [-0.39, 0.29) is 0 Å². The lowest BCUT2D eigenvalue weighted by atomic mass is 10.3. The van der Waals surface area contributed by atoms with Gasteiger partial charge in [-0.15, -0.1) is 0 Å². The van der Waals surface area contributed by atoms with Crippen LogP contribution < -0.4 is 10.6 Å². The third-order valence-electron chi connectivity index (χ3n) is 1.95. The van der Waals surface area contributed by atoms with Crippen LogP contribution in [0.1, 0.15) is 19.0 Å². The molecule has 0 aliphatic heterocycles. The van der Waals surface area contributed by atoms with E-state index >= 15 is 0 Å². The minimum Gasteiger partial charge on any atom is -0.384 e. The second-order valence-electron chi connectivity index (χ2n) is 3.36. The molecule has 1 heterocycles. The molecule has 0 atom stereocenters. The van der Waals surface area contributed by atoms with Crippen LogP contribution in [0.25, 0.3) is 0 Å². The Bertz CT molecular complexity index is 260. The van der Waals surface area contributed by atoms with Gasteiger partial charge in [0.1, 0.15) is 0 Å². The molecule has 3 nitrogen and oxygen atoms in total. The van der Waals surface area contributed by atoms with Gasteiger partial charge in [-0.05, 0) is 32.0 Å². The van der Waals surface area contributed by atoms with Gasteiger partial charge in [-0.25, -0.2) is 0 Å². The Morgan fingerprint density at radius 3 is 2.86 bits per heavy atom. The molecular weight excluding hydrogens is 174 g/mol. The molecule has 1 aromatic heterocycles. The van der Waals surface area contributed by atoms with Gasteiger partial charge in [0.25, 0.3) is 0 Å². The van der Waals surface area contributed by atoms with Gasteiger partial charge in [-0.2, -0.15) is 0 Å². The zero-order valence-corrected chi connectivity index (χ0v) is 9.01. The lowest BCUT2D eigenvalue weighted by molar-refractivity contribution is 0.688. The number of aryl methyl sites for hydroxylation is 1. The van der Waals surface area contributed by atoms with Crippen molar-refractivity contribution in [3.05, 3.63) is 24.0 Å². The van der Waals surface area contributed by atoms with Crippen molar-refractivity contribution >= 4 is 5.69 Å². The molecular formula is C11H19N3. The van der Waals surface area contributed by atoms with E-state index in [1.807, 2.05) is 19.2 Å². The number of hydrogen-bond donors (Lipinski definition) is 2. The number of rotatable bonds is 6. The average molecular weight is 193 g/mol. The first-order valence-corrected chi connectivity index (χ1v) is 5.20. The number of nitrogens with one attached hydrogen (secondary N) is 2. The molecule has 0 bridgehead atoms. The van der Waals surface area contributed by atoms with Crippen molar-refractivity contribution in [2.24, 2.45) is 0 Å². The van der Waals surface area contributed by atoms with Gasteiger partial charge >= 0.3 is 0 Å². The standard InChI is InChI=1S/C11H19N3/c1-3-5-12-7-8-14-11-4-6-13-10(2)9-11/h4,6,9,12H,3,5,7-8H2,1-2H3,(H,13,14). The first-order valence-electron chi connectivity index (χ1n) is 5.20. The van der Waals surface area contributed by atoms with Crippen LogP contribution in [0.5, 0.6) is 0 Å². The van der Waals surface area contributed by atoms with Crippen LogP contribution in [0, 0.1) is 6.92 Å². The lowest BCUT2D eigenvalue weighted by Gasteiger charge is -2.07. The van der Waals surface area contributed by atoms with Crippen LogP contribution in [0.4, 0.5) is 5.69 Å². The highest BCUT2D eigenvalue weighted by molar-refractivity contribution is 5.42. The van der Waals surface area contributed by atoms with Crippen molar-refractivity contribution < 1.29 is 0 Å². The summed E-state index contributed by atoms with van der Waals surface area (Å²) in [5, 5.41) is 6.68. The monoisotopic (exact) mass is 193 g/mol. The number of anilines is 1. The molecule has 0 unspecified atom stereocenters. The predicted molar refractivity (Wildman–Crippen MR) is 60.6 cm³/mol. The van der Waals surface area contributed by atoms with Crippen LogP contribution in [-0.4, -0.2) is 24.6 Å². The van der Waals surface area contributed by atoms with Crippen LogP contribution in [0.15, 0.2) is 18.3 Å². The third-order valence-corrected chi connectivity index (χ3v) is 1.95. The van der Waals surface area contributed by atoms with E-state index in [9.17, 15) is 0 Å². The van der Waals surface area contributed by atoms with Crippen molar-refractivity contribution in [1.29, 1.82) is 0 Å². The van der Waals surface area contributed by atoms with Crippen molar-refractivity contribution in [2.75, 3.05) is 25.0 Å². The first-order chi connectivity index (χ1) is 6.83. The Morgan fingerprint density at radius 1 is 1.29 bits per heavy atom. The fourth-order valence-electron chi connectivity index (χ4n) is 1.25. The molecule has 14 heavy (non-hydrogen) atoms. The van der Waals surface area contributed by atoms with E-state index < -0.39 is 0 Å². The highest BCUT2D eigenvalue weighted by atomic mass is 14.9. The summed E-state index contributed by atoms with van der Waals surface area (Å²) in [6, 6.07) is 4.05. The zero-order valence-electron chi connectivity index (χ0n) is 9.01. The summed E-state index contributed by atoms with van der Waals surface area (Å²) in [6.45, 7) is 7.24. The molecule has 0 saturated heterocycles. The SMILES string of the molecule is CCCNCCNc1ccnc(C)c1. The highest BCUT2D eigenvalue weighted by Crippen LogP contribution is 2.05. The van der Waals surface area contributed by atoms with Crippen molar-refractivity contribution in [3.8, 4) is 0 Å². The van der Waals surface area contributed by atoms with E-state index in [1.54, 1.807) is 0 Å². The smallest absolute Gasteiger partial charge is 0.0393 e. The van der Waals surface area contributed by atoms with Gasteiger partial charge in [0.2, 0.25) is 0 Å². The summed E-state index contributed by atoms with van der Waals surface area (Å²) in [6.07, 6.45) is 3.02. The molecule has 0 fully saturated rings. The maximum absolute atomic E-state index is 4.14. The molecule has 78 valence electrons. The van der Waals surface area contributed by atoms with Gasteiger partial charge in [-0.1, -0.05) is 6.92 Å². The predicted octanol–water partition coefficient (Wildman–Crippen LogP) is 1.80. The van der Waals surface area contributed by atoms with Gasteiger partial charge in [0, 0.05) is 30.7 Å². The minimum absolute atomic E-state index is 0.962. The van der Waals surface area contributed by atoms with Gasteiger partial charge in [0.15, 0.2) is 0 Å². The van der Waals surface area contributed by atoms with E-state index in [0.29, 0.717) is 0 Å². The second-order valence-corrected chi connectivity index (χ2v) is 3.36. The van der Waals surface area contributed by atoms with Crippen molar-refractivity contribution in [1.82, 2.24) is 10.3 Å². The number of nitrogens with zero attached hydrogens (tertiary/aromatic N) is 1. The normalized spacial score (nSPS) is 10.1. The maximum atomic E-state index is 4.14. The van der Waals surface area contributed by atoms with Gasteiger partial charge in [-0.3, -0.25) is 4.98 Å². The Labute approximate surface area is 85.9 Å². The Balaban J connectivity index is 2.18. The largest absolute Gasteiger partial charge is 0.384 e. The molecule has 0 saturated carbocycles. The van der Waals surface area contributed by atoms with E-state index in [0.717, 1.165) is 31.0 Å². The first kappa shape index (κ1) is 11.0. The molecule has 0 spiro atoms. The van der Waals surface area contributed by atoms with Crippen LogP contribution in [-0.2, 0) is 0 Å². The second kappa shape index (κ2) is 6.38. The summed E-state index contributed by atoms with van der Waals surface area (Å²) in [4.78, 5) is 4.14. The lowest BCUT2D eigenvalue weighted by Crippen LogP contribution is -2.22. The van der Waals surface area contributed by atoms with Crippen molar-refractivity contribution in [3.63, 3.8) is 0 Å². The molecule has 0 aromatic carbocycles. The van der Waals surface area contributed by atoms with Gasteiger partial charge in [0.05, 0.1) is 0 Å². The summed E-state index contributed by atoms with van der Waals surface area (Å²) in [5.74, 6) is 0. The average Bonchev–Trinajstić information content (AvgIpc) is 2.18. The minimum atomic E-state index is 0.962. The third kappa shape index (κ3) is 4.23. The Kier molecular flexibility index (Phi) is 5.00. The van der Waals surface area contributed by atoms with Crippen LogP contribution in [0.2, 0.25) is 0 Å². The topological polar surface area (TPSA) is 37.0 Å². The highest BCUT2D eigenvalue weighted by Gasteiger charge is 1.91. The van der Waals surface area contributed by atoms with Crippen molar-refractivity contribution in [2.45, 2.75) is 20.3 Å².